The molecule has 1 aromatic carbocycles. The van der Waals surface area contributed by atoms with E-state index in [1.165, 1.54) is 13.8 Å². The molecule has 1 heterocycles. The van der Waals surface area contributed by atoms with Crippen LogP contribution in [0.3, 0.4) is 0 Å². The zero-order valence-corrected chi connectivity index (χ0v) is 16.7. The first kappa shape index (κ1) is 26.0. The molecule has 0 N–H and O–H groups in total. The van der Waals surface area contributed by atoms with Gasteiger partial charge in [0.2, 0.25) is 5.95 Å². The average molecular weight is 491 g/mol. The number of carbonyl (C=O) groups is 1. The molecule has 0 spiro atoms. The van der Waals surface area contributed by atoms with Crippen LogP contribution in [-0.2, 0) is 29.8 Å². The fourth-order valence-electron chi connectivity index (χ4n) is 2.72. The van der Waals surface area contributed by atoms with E-state index >= 15 is 0 Å². The van der Waals surface area contributed by atoms with E-state index < -0.39 is 71.8 Å². The van der Waals surface area contributed by atoms with Crippen LogP contribution in [0.15, 0.2) is 29.1 Å². The van der Waals surface area contributed by atoms with Gasteiger partial charge in [0.15, 0.2) is 5.69 Å². The Labute approximate surface area is 179 Å². The first-order chi connectivity index (χ1) is 15.0. The van der Waals surface area contributed by atoms with Crippen molar-refractivity contribution in [2.75, 3.05) is 11.5 Å². The summed E-state index contributed by atoms with van der Waals surface area (Å²) >= 11 is 0. The number of benzene rings is 1. The Morgan fingerprint density at radius 3 is 2.03 bits per heavy atom. The fraction of sp³-hybridized carbons (Fsp3) is 0.389. The van der Waals surface area contributed by atoms with Gasteiger partial charge in [0, 0.05) is 12.6 Å². The standard InChI is InChI=1S/C18H14F9N3O3/c1-3-29-13(31)8-12(18(25,26)27)28-14(29)30(15(32)33-4-2)11-6-5-9(16(19,20)21)7-10(11)17(22,23)24/h5-8H,3-4H2,1-2H3. The largest absolute Gasteiger partial charge is 0.449 e. The Kier molecular flexibility index (Phi) is 7.04. The van der Waals surface area contributed by atoms with Crippen LogP contribution >= 0.6 is 0 Å². The Balaban J connectivity index is 2.97. The molecule has 2 rings (SSSR count). The summed E-state index contributed by atoms with van der Waals surface area (Å²) < 4.78 is 125. The summed E-state index contributed by atoms with van der Waals surface area (Å²) in [5.41, 5.74) is -8.26. The molecule has 0 unspecified atom stereocenters. The van der Waals surface area contributed by atoms with Gasteiger partial charge in [-0.3, -0.25) is 9.36 Å². The van der Waals surface area contributed by atoms with E-state index in [1.54, 1.807) is 0 Å². The van der Waals surface area contributed by atoms with Crippen LogP contribution in [0.1, 0.15) is 30.7 Å². The SMILES string of the molecule is CCOC(=O)N(c1ccc(C(F)(F)F)cc1C(F)(F)F)c1nc(C(F)(F)F)cc(=O)n1CC. The second-order valence-corrected chi connectivity index (χ2v) is 6.28. The number of hydrogen-bond acceptors (Lipinski definition) is 4. The molecular formula is C18H14F9N3O3. The molecule has 0 saturated heterocycles. The van der Waals surface area contributed by atoms with E-state index in [2.05, 4.69) is 9.72 Å². The maximum Gasteiger partial charge on any atom is 0.433 e. The highest BCUT2D eigenvalue weighted by Crippen LogP contribution is 2.42. The Bertz CT molecular complexity index is 1090. The molecule has 0 fully saturated rings. The lowest BCUT2D eigenvalue weighted by atomic mass is 10.1. The van der Waals surface area contributed by atoms with Gasteiger partial charge in [0.1, 0.15) is 0 Å². The third-order valence-corrected chi connectivity index (χ3v) is 4.12. The smallest absolute Gasteiger partial charge is 0.433 e. The van der Waals surface area contributed by atoms with Crippen molar-refractivity contribution in [3.8, 4) is 0 Å². The number of ether oxygens (including phenoxy) is 1. The third-order valence-electron chi connectivity index (χ3n) is 4.12. The lowest BCUT2D eigenvalue weighted by molar-refractivity contribution is -0.143. The Hall–Kier alpha value is -3.26. The number of hydrogen-bond donors (Lipinski definition) is 0. The van der Waals surface area contributed by atoms with Crippen LogP contribution in [0.5, 0.6) is 0 Å². The van der Waals surface area contributed by atoms with Gasteiger partial charge in [0.25, 0.3) is 5.56 Å². The summed E-state index contributed by atoms with van der Waals surface area (Å²) in [7, 11) is 0. The zero-order valence-electron chi connectivity index (χ0n) is 16.7. The molecule has 0 aliphatic carbocycles. The molecule has 0 saturated carbocycles. The van der Waals surface area contributed by atoms with E-state index in [0.717, 1.165) is 0 Å². The van der Waals surface area contributed by atoms with Crippen LogP contribution in [0, 0.1) is 0 Å². The van der Waals surface area contributed by atoms with Crippen molar-refractivity contribution in [1.29, 1.82) is 0 Å². The van der Waals surface area contributed by atoms with Gasteiger partial charge < -0.3 is 4.74 Å². The van der Waals surface area contributed by atoms with Crippen molar-refractivity contribution in [3.05, 3.63) is 51.4 Å². The topological polar surface area (TPSA) is 64.4 Å². The minimum Gasteiger partial charge on any atom is -0.449 e. The second-order valence-electron chi connectivity index (χ2n) is 6.28. The number of aromatic nitrogens is 2. The first-order valence-corrected chi connectivity index (χ1v) is 8.96. The number of carbonyl (C=O) groups excluding carboxylic acids is 1. The van der Waals surface area contributed by atoms with Crippen LogP contribution in [0.4, 0.5) is 55.9 Å². The van der Waals surface area contributed by atoms with Gasteiger partial charge >= 0.3 is 24.6 Å². The highest BCUT2D eigenvalue weighted by Gasteiger charge is 2.42. The molecule has 1 aromatic heterocycles. The predicted octanol–water partition coefficient (Wildman–Crippen LogP) is 5.61. The third kappa shape index (κ3) is 5.57. The molecular weight excluding hydrogens is 477 g/mol. The average Bonchev–Trinajstić information content (AvgIpc) is 2.66. The summed E-state index contributed by atoms with van der Waals surface area (Å²) in [5, 5.41) is 0. The number of nitrogens with zero attached hydrogens (tertiary/aromatic N) is 3. The van der Waals surface area contributed by atoms with Crippen molar-refractivity contribution in [2.45, 2.75) is 38.9 Å². The summed E-state index contributed by atoms with van der Waals surface area (Å²) in [5.74, 6) is -1.22. The maximum absolute atomic E-state index is 13.7. The molecule has 0 bridgehead atoms. The molecule has 6 nitrogen and oxygen atoms in total. The van der Waals surface area contributed by atoms with Gasteiger partial charge in [-0.2, -0.15) is 39.5 Å². The molecule has 0 aliphatic rings. The predicted molar refractivity (Wildman–Crippen MR) is 94.8 cm³/mol. The number of rotatable bonds is 4. The summed E-state index contributed by atoms with van der Waals surface area (Å²) in [6.07, 6.45) is -17.6. The Morgan fingerprint density at radius 2 is 1.58 bits per heavy atom. The summed E-state index contributed by atoms with van der Waals surface area (Å²) in [4.78, 5) is 27.7. The van der Waals surface area contributed by atoms with E-state index in [1.807, 2.05) is 0 Å². The van der Waals surface area contributed by atoms with Crippen molar-refractivity contribution < 1.29 is 49.0 Å². The lowest BCUT2D eigenvalue weighted by Crippen LogP contribution is -2.36. The zero-order chi connectivity index (χ0) is 25.4. The highest BCUT2D eigenvalue weighted by molar-refractivity contribution is 5.95. The maximum atomic E-state index is 13.7. The molecule has 0 aliphatic heterocycles. The van der Waals surface area contributed by atoms with Gasteiger partial charge in [-0.15, -0.1) is 0 Å². The summed E-state index contributed by atoms with van der Waals surface area (Å²) in [6.45, 7) is 1.53. The summed E-state index contributed by atoms with van der Waals surface area (Å²) in [6, 6.07) is 0.172. The first-order valence-electron chi connectivity index (χ1n) is 8.96. The highest BCUT2D eigenvalue weighted by atomic mass is 19.4. The molecule has 15 heteroatoms. The van der Waals surface area contributed by atoms with E-state index in [0.29, 0.717) is 4.57 Å². The van der Waals surface area contributed by atoms with Crippen molar-refractivity contribution >= 4 is 17.7 Å². The van der Waals surface area contributed by atoms with Crippen molar-refractivity contribution in [1.82, 2.24) is 9.55 Å². The quantitative estimate of drug-likeness (QED) is 0.522. The second kappa shape index (κ2) is 8.94. The normalized spacial score (nSPS) is 12.6. The van der Waals surface area contributed by atoms with Crippen molar-refractivity contribution in [2.24, 2.45) is 0 Å². The lowest BCUT2D eigenvalue weighted by Gasteiger charge is -2.27. The van der Waals surface area contributed by atoms with Gasteiger partial charge in [-0.1, -0.05) is 0 Å². The monoisotopic (exact) mass is 491 g/mol. The van der Waals surface area contributed by atoms with Crippen LogP contribution in [0.2, 0.25) is 0 Å². The number of halogens is 9. The van der Waals surface area contributed by atoms with E-state index in [9.17, 15) is 49.1 Å². The molecule has 0 atom stereocenters. The minimum atomic E-state index is -5.49. The number of anilines is 2. The van der Waals surface area contributed by atoms with Crippen molar-refractivity contribution in [3.63, 3.8) is 0 Å². The van der Waals surface area contributed by atoms with E-state index in [4.69, 9.17) is 0 Å². The van der Waals surface area contributed by atoms with E-state index in [-0.39, 0.29) is 29.2 Å². The van der Waals surface area contributed by atoms with Gasteiger partial charge in [-0.25, -0.2) is 14.7 Å². The molecule has 0 radical (unpaired) electrons. The fourth-order valence-corrected chi connectivity index (χ4v) is 2.72. The number of amides is 1. The van der Waals surface area contributed by atoms with Crippen LogP contribution < -0.4 is 10.5 Å². The Morgan fingerprint density at radius 1 is 0.970 bits per heavy atom. The van der Waals surface area contributed by atoms with Gasteiger partial charge in [0.05, 0.1) is 23.4 Å². The molecule has 1 amide bonds. The molecule has 2 aromatic rings. The molecule has 182 valence electrons. The van der Waals surface area contributed by atoms with Crippen LogP contribution in [0.25, 0.3) is 0 Å². The van der Waals surface area contributed by atoms with Gasteiger partial charge in [-0.05, 0) is 32.0 Å². The molecule has 33 heavy (non-hydrogen) atoms. The minimum absolute atomic E-state index is 0.0632. The van der Waals surface area contributed by atoms with Crippen LogP contribution in [-0.4, -0.2) is 22.3 Å². The number of alkyl halides is 9.